The van der Waals surface area contributed by atoms with E-state index < -0.39 is 0 Å². The summed E-state index contributed by atoms with van der Waals surface area (Å²) < 4.78 is 1.97. The number of rotatable bonds is 3. The fourth-order valence-corrected chi connectivity index (χ4v) is 1.99. The lowest BCUT2D eigenvalue weighted by molar-refractivity contribution is 0.933. The Morgan fingerprint density at radius 1 is 1.50 bits per heavy atom. The number of aryl methyl sites for hydroxylation is 1. The van der Waals surface area contributed by atoms with E-state index in [1.54, 1.807) is 6.21 Å². The van der Waals surface area contributed by atoms with Crippen LogP contribution in [0, 0.1) is 0 Å². The molecule has 2 N–H and O–H groups in total. The number of thioether (sulfide) groups is 1. The van der Waals surface area contributed by atoms with Crippen LogP contribution in [0.25, 0.3) is 11.0 Å². The normalized spacial score (nSPS) is 12.7. The summed E-state index contributed by atoms with van der Waals surface area (Å²) in [6.07, 6.45) is 1.61. The van der Waals surface area contributed by atoms with Crippen LogP contribution in [-0.4, -0.2) is 26.7 Å². The molecule has 0 radical (unpaired) electrons. The van der Waals surface area contributed by atoms with Crippen molar-refractivity contribution in [2.75, 3.05) is 5.75 Å². The first-order valence-electron chi connectivity index (χ1n) is 5.63. The van der Waals surface area contributed by atoms with Crippen molar-refractivity contribution in [1.29, 1.82) is 0 Å². The first-order chi connectivity index (χ1) is 8.72. The van der Waals surface area contributed by atoms with E-state index in [1.165, 1.54) is 11.8 Å². The molecule has 2 rings (SSSR count). The molecule has 2 aromatic rings. The summed E-state index contributed by atoms with van der Waals surface area (Å²) in [5.41, 5.74) is 7.65. The topological polar surface area (TPSA) is 68.6 Å². The average Bonchev–Trinajstić information content (AvgIpc) is 2.68. The van der Waals surface area contributed by atoms with Crippen LogP contribution in [0.4, 0.5) is 0 Å². The molecule has 0 amide bonds. The summed E-state index contributed by atoms with van der Waals surface area (Å²) in [4.78, 5) is 4.45. The zero-order valence-corrected chi connectivity index (χ0v) is 11.2. The lowest BCUT2D eigenvalue weighted by Gasteiger charge is -1.95. The van der Waals surface area contributed by atoms with Crippen molar-refractivity contribution in [2.24, 2.45) is 23.0 Å². The molecule has 0 unspecified atom stereocenters. The summed E-state index contributed by atoms with van der Waals surface area (Å²) in [6, 6.07) is 7.94. The van der Waals surface area contributed by atoms with Gasteiger partial charge in [-0.3, -0.25) is 0 Å². The van der Waals surface area contributed by atoms with Crippen LogP contribution in [0.1, 0.15) is 12.7 Å². The Kier molecular flexibility index (Phi) is 3.99. The Morgan fingerprint density at radius 3 is 3.00 bits per heavy atom. The second-order valence-corrected chi connectivity index (χ2v) is 4.92. The van der Waals surface area contributed by atoms with Gasteiger partial charge in [-0.05, 0) is 17.9 Å². The van der Waals surface area contributed by atoms with Gasteiger partial charge in [-0.1, -0.05) is 30.8 Å². The molecule has 0 atom stereocenters. The van der Waals surface area contributed by atoms with Crippen molar-refractivity contribution in [1.82, 2.24) is 9.55 Å². The predicted molar refractivity (Wildman–Crippen MR) is 78.1 cm³/mol. The molecule has 0 aliphatic carbocycles. The zero-order valence-electron chi connectivity index (χ0n) is 10.4. The van der Waals surface area contributed by atoms with Gasteiger partial charge in [-0.25, -0.2) is 4.98 Å². The van der Waals surface area contributed by atoms with Gasteiger partial charge in [0.2, 0.25) is 0 Å². The molecular weight excluding hydrogens is 246 g/mol. The van der Waals surface area contributed by atoms with Gasteiger partial charge >= 0.3 is 0 Å². The lowest BCUT2D eigenvalue weighted by Crippen LogP contribution is -2.05. The maximum atomic E-state index is 5.63. The van der Waals surface area contributed by atoms with Gasteiger partial charge in [-0.2, -0.15) is 5.10 Å². The molecule has 18 heavy (non-hydrogen) atoms. The van der Waals surface area contributed by atoms with Crippen molar-refractivity contribution in [3.63, 3.8) is 0 Å². The Balaban J connectivity index is 2.24. The SMILES string of the molecule is CCS/C(N)=N/N=C/c1nc2ccccc2n1C. The van der Waals surface area contributed by atoms with Crippen molar-refractivity contribution < 1.29 is 0 Å². The van der Waals surface area contributed by atoms with Gasteiger partial charge in [-0.15, -0.1) is 5.10 Å². The summed E-state index contributed by atoms with van der Waals surface area (Å²) in [5, 5.41) is 8.31. The van der Waals surface area contributed by atoms with Crippen LogP contribution >= 0.6 is 11.8 Å². The number of imidazole rings is 1. The highest BCUT2D eigenvalue weighted by Gasteiger charge is 2.03. The molecular formula is C12H15N5S. The van der Waals surface area contributed by atoms with E-state index in [2.05, 4.69) is 15.2 Å². The van der Waals surface area contributed by atoms with E-state index in [0.717, 1.165) is 22.6 Å². The van der Waals surface area contributed by atoms with Gasteiger partial charge in [0, 0.05) is 7.05 Å². The van der Waals surface area contributed by atoms with Crippen LogP contribution in [0.2, 0.25) is 0 Å². The summed E-state index contributed by atoms with van der Waals surface area (Å²) in [6.45, 7) is 2.02. The van der Waals surface area contributed by atoms with Crippen LogP contribution in [0.5, 0.6) is 0 Å². The largest absolute Gasteiger partial charge is 0.377 e. The number of hydrogen-bond acceptors (Lipinski definition) is 4. The van der Waals surface area contributed by atoms with Gasteiger partial charge in [0.05, 0.1) is 17.2 Å². The lowest BCUT2D eigenvalue weighted by atomic mass is 10.3. The first kappa shape index (κ1) is 12.6. The molecule has 0 aliphatic heterocycles. The Bertz CT molecular complexity index is 600. The third-order valence-electron chi connectivity index (χ3n) is 2.44. The van der Waals surface area contributed by atoms with Crippen LogP contribution < -0.4 is 5.73 Å². The molecule has 0 bridgehead atoms. The van der Waals surface area contributed by atoms with Crippen LogP contribution in [0.15, 0.2) is 34.5 Å². The molecule has 94 valence electrons. The second-order valence-electron chi connectivity index (χ2n) is 3.63. The van der Waals surface area contributed by atoms with E-state index in [0.29, 0.717) is 5.17 Å². The number of nitrogens with zero attached hydrogens (tertiary/aromatic N) is 4. The highest BCUT2D eigenvalue weighted by atomic mass is 32.2. The highest BCUT2D eigenvalue weighted by Crippen LogP contribution is 2.12. The van der Waals surface area contributed by atoms with Crippen LogP contribution in [-0.2, 0) is 7.05 Å². The Morgan fingerprint density at radius 2 is 2.28 bits per heavy atom. The summed E-state index contributed by atoms with van der Waals surface area (Å²) >= 11 is 1.46. The maximum absolute atomic E-state index is 5.63. The fourth-order valence-electron chi connectivity index (χ4n) is 1.59. The molecule has 0 saturated heterocycles. The Hall–Kier alpha value is -1.82. The van der Waals surface area contributed by atoms with Crippen molar-refractivity contribution in [3.05, 3.63) is 30.1 Å². The minimum Gasteiger partial charge on any atom is -0.377 e. The average molecular weight is 261 g/mol. The molecule has 6 heteroatoms. The highest BCUT2D eigenvalue weighted by molar-refractivity contribution is 8.13. The predicted octanol–water partition coefficient (Wildman–Crippen LogP) is 1.97. The number of benzene rings is 1. The maximum Gasteiger partial charge on any atom is 0.180 e. The van der Waals surface area contributed by atoms with E-state index in [4.69, 9.17) is 5.73 Å². The number of nitrogens with two attached hydrogens (primary N) is 1. The molecule has 1 aromatic carbocycles. The Labute approximate surface area is 110 Å². The van der Waals surface area contributed by atoms with Gasteiger partial charge in [0.1, 0.15) is 0 Å². The smallest absolute Gasteiger partial charge is 0.180 e. The number of fused-ring (bicyclic) bond motifs is 1. The summed E-state index contributed by atoms with van der Waals surface area (Å²) in [7, 11) is 1.95. The van der Waals surface area contributed by atoms with E-state index in [1.807, 2.05) is 42.8 Å². The standard InChI is InChI=1S/C12H15N5S/c1-3-18-12(13)16-14-8-11-15-9-6-4-5-7-10(9)17(11)2/h4-8H,3H2,1-2H3,(H2,13,16)/b14-8+. The first-order valence-corrected chi connectivity index (χ1v) is 6.61. The number of aromatic nitrogens is 2. The van der Waals surface area contributed by atoms with E-state index in [-0.39, 0.29) is 0 Å². The molecule has 0 saturated carbocycles. The van der Waals surface area contributed by atoms with Crippen LogP contribution in [0.3, 0.4) is 0 Å². The quantitative estimate of drug-likeness (QED) is 0.522. The van der Waals surface area contributed by atoms with E-state index >= 15 is 0 Å². The van der Waals surface area contributed by atoms with Gasteiger partial charge in [0.25, 0.3) is 0 Å². The minimum absolute atomic E-state index is 0.465. The van der Waals surface area contributed by atoms with Crippen molar-refractivity contribution >= 4 is 34.2 Å². The van der Waals surface area contributed by atoms with Crippen molar-refractivity contribution in [2.45, 2.75) is 6.92 Å². The van der Waals surface area contributed by atoms with Crippen molar-refractivity contribution in [3.8, 4) is 0 Å². The third-order valence-corrected chi connectivity index (χ3v) is 3.11. The second kappa shape index (κ2) is 5.68. The number of amidine groups is 1. The third kappa shape index (κ3) is 2.70. The molecule has 5 nitrogen and oxygen atoms in total. The zero-order chi connectivity index (χ0) is 13.0. The molecule has 0 aliphatic rings. The fraction of sp³-hybridized carbons (Fsp3) is 0.250. The number of hydrogen-bond donors (Lipinski definition) is 1. The van der Waals surface area contributed by atoms with Gasteiger partial charge in [0.15, 0.2) is 11.0 Å². The molecule has 1 aromatic heterocycles. The molecule has 0 spiro atoms. The number of para-hydroxylation sites is 2. The minimum atomic E-state index is 0.465. The molecule has 1 heterocycles. The monoisotopic (exact) mass is 261 g/mol. The summed E-state index contributed by atoms with van der Waals surface area (Å²) in [5.74, 6) is 1.64. The molecule has 0 fully saturated rings. The van der Waals surface area contributed by atoms with E-state index in [9.17, 15) is 0 Å². The van der Waals surface area contributed by atoms with Gasteiger partial charge < -0.3 is 10.3 Å².